The predicted octanol–water partition coefficient (Wildman–Crippen LogP) is 2.19. The van der Waals surface area contributed by atoms with Gasteiger partial charge in [-0.25, -0.2) is 9.97 Å². The minimum absolute atomic E-state index is 0.962. The largest absolute Gasteiger partial charge is 0.354 e. The summed E-state index contributed by atoms with van der Waals surface area (Å²) in [7, 11) is 0. The van der Waals surface area contributed by atoms with E-state index in [-0.39, 0.29) is 0 Å². The Morgan fingerprint density at radius 2 is 2.00 bits per heavy atom. The molecule has 5 nitrogen and oxygen atoms in total. The maximum atomic E-state index is 4.43. The standard InChI is InChI=1S/C18H25N5/c1-2-17-13-18(21-15-20-17)23-11-9-22(10-12-23)8-4-6-16-5-3-7-19-14-16/h3,5,7,13-15H,2,4,6,8-12H2,1H3. The van der Waals surface area contributed by atoms with Crippen molar-refractivity contribution < 1.29 is 0 Å². The monoisotopic (exact) mass is 311 g/mol. The Bertz CT molecular complexity index is 593. The van der Waals surface area contributed by atoms with E-state index < -0.39 is 0 Å². The molecule has 3 heterocycles. The number of aromatic nitrogens is 3. The summed E-state index contributed by atoms with van der Waals surface area (Å²) < 4.78 is 0. The first kappa shape index (κ1) is 15.9. The van der Waals surface area contributed by atoms with Crippen LogP contribution in [0.1, 0.15) is 24.6 Å². The van der Waals surface area contributed by atoms with Crippen LogP contribution in [0.5, 0.6) is 0 Å². The van der Waals surface area contributed by atoms with E-state index in [1.165, 1.54) is 12.0 Å². The SMILES string of the molecule is CCc1cc(N2CCN(CCCc3cccnc3)CC2)ncn1. The van der Waals surface area contributed by atoms with E-state index in [0.717, 1.165) is 57.1 Å². The molecule has 0 radical (unpaired) electrons. The van der Waals surface area contributed by atoms with Crippen LogP contribution in [0, 0.1) is 0 Å². The van der Waals surface area contributed by atoms with Gasteiger partial charge in [-0.2, -0.15) is 0 Å². The third-order valence-electron chi connectivity index (χ3n) is 4.43. The molecule has 1 fully saturated rings. The molecule has 1 saturated heterocycles. The first-order valence-corrected chi connectivity index (χ1v) is 8.52. The number of pyridine rings is 1. The molecule has 23 heavy (non-hydrogen) atoms. The Balaban J connectivity index is 1.43. The van der Waals surface area contributed by atoms with Crippen LogP contribution in [0.3, 0.4) is 0 Å². The fourth-order valence-corrected chi connectivity index (χ4v) is 3.01. The van der Waals surface area contributed by atoms with Crippen molar-refractivity contribution in [3.8, 4) is 0 Å². The van der Waals surface area contributed by atoms with Crippen molar-refractivity contribution in [2.24, 2.45) is 0 Å². The number of hydrogen-bond acceptors (Lipinski definition) is 5. The Labute approximate surface area is 138 Å². The Morgan fingerprint density at radius 1 is 1.13 bits per heavy atom. The highest BCUT2D eigenvalue weighted by molar-refractivity contribution is 5.39. The minimum Gasteiger partial charge on any atom is -0.354 e. The van der Waals surface area contributed by atoms with Gasteiger partial charge in [0.25, 0.3) is 0 Å². The Kier molecular flexibility index (Phi) is 5.53. The van der Waals surface area contributed by atoms with Crippen LogP contribution in [0.2, 0.25) is 0 Å². The summed E-state index contributed by atoms with van der Waals surface area (Å²) in [6.07, 6.45) is 8.76. The summed E-state index contributed by atoms with van der Waals surface area (Å²) >= 11 is 0. The van der Waals surface area contributed by atoms with Crippen LogP contribution < -0.4 is 4.90 Å². The summed E-state index contributed by atoms with van der Waals surface area (Å²) in [5.74, 6) is 1.08. The second-order valence-corrected chi connectivity index (χ2v) is 6.01. The van der Waals surface area contributed by atoms with Crippen LogP contribution in [-0.2, 0) is 12.8 Å². The van der Waals surface area contributed by atoms with Gasteiger partial charge in [0.2, 0.25) is 0 Å². The number of aryl methyl sites for hydroxylation is 2. The van der Waals surface area contributed by atoms with Crippen molar-refractivity contribution in [1.82, 2.24) is 19.9 Å². The molecule has 0 unspecified atom stereocenters. The summed E-state index contributed by atoms with van der Waals surface area (Å²) in [5, 5.41) is 0. The highest BCUT2D eigenvalue weighted by Crippen LogP contribution is 2.14. The molecule has 0 amide bonds. The second kappa shape index (κ2) is 8.02. The fourth-order valence-electron chi connectivity index (χ4n) is 3.01. The van der Waals surface area contributed by atoms with E-state index in [4.69, 9.17) is 0 Å². The van der Waals surface area contributed by atoms with Gasteiger partial charge in [0.1, 0.15) is 12.1 Å². The van der Waals surface area contributed by atoms with Crippen molar-refractivity contribution in [2.45, 2.75) is 26.2 Å². The fraction of sp³-hybridized carbons (Fsp3) is 0.500. The third-order valence-corrected chi connectivity index (χ3v) is 4.43. The molecule has 0 aliphatic carbocycles. The summed E-state index contributed by atoms with van der Waals surface area (Å²) in [6.45, 7) is 7.61. The molecule has 0 saturated carbocycles. The molecule has 1 aliphatic heterocycles. The predicted molar refractivity (Wildman–Crippen MR) is 92.6 cm³/mol. The van der Waals surface area contributed by atoms with E-state index in [2.05, 4.69) is 43.8 Å². The lowest BCUT2D eigenvalue weighted by Gasteiger charge is -2.35. The van der Waals surface area contributed by atoms with Gasteiger partial charge in [-0.1, -0.05) is 13.0 Å². The number of hydrogen-bond donors (Lipinski definition) is 0. The highest BCUT2D eigenvalue weighted by atomic mass is 15.3. The molecule has 0 spiro atoms. The molecule has 0 atom stereocenters. The molecule has 2 aromatic heterocycles. The van der Waals surface area contributed by atoms with Crippen molar-refractivity contribution >= 4 is 5.82 Å². The molecule has 2 aromatic rings. The molecular weight excluding hydrogens is 286 g/mol. The molecule has 0 aromatic carbocycles. The van der Waals surface area contributed by atoms with E-state index in [1.54, 1.807) is 6.33 Å². The third kappa shape index (κ3) is 4.48. The van der Waals surface area contributed by atoms with Crippen molar-refractivity contribution in [1.29, 1.82) is 0 Å². The molecule has 1 aliphatic rings. The van der Waals surface area contributed by atoms with Crippen LogP contribution >= 0.6 is 0 Å². The molecule has 0 bridgehead atoms. The lowest BCUT2D eigenvalue weighted by molar-refractivity contribution is 0.254. The van der Waals surface area contributed by atoms with Crippen molar-refractivity contribution in [3.63, 3.8) is 0 Å². The van der Waals surface area contributed by atoms with Crippen LogP contribution in [0.4, 0.5) is 5.82 Å². The van der Waals surface area contributed by atoms with Crippen molar-refractivity contribution in [3.05, 3.63) is 48.2 Å². The lowest BCUT2D eigenvalue weighted by atomic mass is 10.1. The highest BCUT2D eigenvalue weighted by Gasteiger charge is 2.17. The van der Waals surface area contributed by atoms with Gasteiger partial charge >= 0.3 is 0 Å². The van der Waals surface area contributed by atoms with Gasteiger partial charge in [-0.05, 0) is 37.4 Å². The van der Waals surface area contributed by atoms with Gasteiger partial charge in [-0.15, -0.1) is 0 Å². The van der Waals surface area contributed by atoms with Gasteiger partial charge in [-0.3, -0.25) is 9.88 Å². The average Bonchev–Trinajstić information content (AvgIpc) is 2.63. The molecule has 5 heteroatoms. The number of anilines is 1. The molecule has 0 N–H and O–H groups in total. The van der Waals surface area contributed by atoms with Gasteiger partial charge in [0.05, 0.1) is 0 Å². The zero-order chi connectivity index (χ0) is 15.9. The zero-order valence-electron chi connectivity index (χ0n) is 13.9. The molecular formula is C18H25N5. The normalized spacial score (nSPS) is 15.8. The maximum Gasteiger partial charge on any atom is 0.132 e. The average molecular weight is 311 g/mol. The zero-order valence-corrected chi connectivity index (χ0v) is 13.9. The van der Waals surface area contributed by atoms with Crippen LogP contribution in [0.15, 0.2) is 36.9 Å². The summed E-state index contributed by atoms with van der Waals surface area (Å²) in [6, 6.07) is 6.30. The number of nitrogens with zero attached hydrogens (tertiary/aromatic N) is 5. The van der Waals surface area contributed by atoms with Crippen LogP contribution in [-0.4, -0.2) is 52.6 Å². The van der Waals surface area contributed by atoms with E-state index in [0.29, 0.717) is 0 Å². The van der Waals surface area contributed by atoms with E-state index in [1.807, 2.05) is 18.5 Å². The minimum atomic E-state index is 0.962. The summed E-state index contributed by atoms with van der Waals surface area (Å²) in [5.41, 5.74) is 2.45. The maximum absolute atomic E-state index is 4.43. The quantitative estimate of drug-likeness (QED) is 0.818. The van der Waals surface area contributed by atoms with E-state index >= 15 is 0 Å². The van der Waals surface area contributed by atoms with Gasteiger partial charge < -0.3 is 4.90 Å². The number of piperazine rings is 1. The molecule has 3 rings (SSSR count). The second-order valence-electron chi connectivity index (χ2n) is 6.01. The van der Waals surface area contributed by atoms with E-state index in [9.17, 15) is 0 Å². The van der Waals surface area contributed by atoms with Crippen LogP contribution in [0.25, 0.3) is 0 Å². The molecule has 122 valence electrons. The first-order chi connectivity index (χ1) is 11.3. The topological polar surface area (TPSA) is 45.2 Å². The number of rotatable bonds is 6. The lowest BCUT2D eigenvalue weighted by Crippen LogP contribution is -2.47. The first-order valence-electron chi connectivity index (χ1n) is 8.52. The van der Waals surface area contributed by atoms with Crippen molar-refractivity contribution in [2.75, 3.05) is 37.6 Å². The Hall–Kier alpha value is -2.01. The smallest absolute Gasteiger partial charge is 0.132 e. The van der Waals surface area contributed by atoms with Gasteiger partial charge in [0, 0.05) is 50.3 Å². The summed E-state index contributed by atoms with van der Waals surface area (Å²) in [4.78, 5) is 17.8. The van der Waals surface area contributed by atoms with Gasteiger partial charge in [0.15, 0.2) is 0 Å². The Morgan fingerprint density at radius 3 is 2.74 bits per heavy atom.